The number of amides is 4. The maximum atomic E-state index is 15.2. The number of nitrogens with zero attached hydrogens (tertiary/aromatic N) is 6. The lowest BCUT2D eigenvalue weighted by atomic mass is 9.84. The monoisotopic (exact) mass is 1010 g/mol. The molecule has 6 bridgehead atoms. The Morgan fingerprint density at radius 2 is 1.78 bits per heavy atom. The molecule has 8 rings (SSSR count). The summed E-state index contributed by atoms with van der Waals surface area (Å²) < 4.78 is 14.4. The molecule has 5 atom stereocenters. The highest BCUT2D eigenvalue weighted by Gasteiger charge is 2.41. The molecule has 3 aromatic carbocycles. The molecule has 0 unspecified atom stereocenters. The molecule has 0 radical (unpaired) electrons. The van der Waals surface area contributed by atoms with Gasteiger partial charge in [0.05, 0.1) is 36.6 Å². The summed E-state index contributed by atoms with van der Waals surface area (Å²) in [4.78, 5) is 81.7. The molecule has 1 saturated heterocycles. The summed E-state index contributed by atoms with van der Waals surface area (Å²) in [7, 11) is 7.10. The van der Waals surface area contributed by atoms with Crippen LogP contribution in [0.15, 0.2) is 91.1 Å². The predicted octanol–water partition coefficient (Wildman–Crippen LogP) is 6.99. The molecule has 3 aliphatic rings. The Morgan fingerprint density at radius 3 is 2.51 bits per heavy atom. The lowest BCUT2D eigenvalue weighted by molar-refractivity contribution is -0.155. The van der Waals surface area contributed by atoms with Crippen molar-refractivity contribution >= 4 is 40.5 Å². The summed E-state index contributed by atoms with van der Waals surface area (Å²) in [5, 5.41) is 16.9. The van der Waals surface area contributed by atoms with Crippen LogP contribution in [0.2, 0.25) is 0 Å². The summed E-state index contributed by atoms with van der Waals surface area (Å²) in [6.07, 6.45) is 5.71. The second kappa shape index (κ2) is 22.3. The van der Waals surface area contributed by atoms with E-state index in [1.165, 1.54) is 16.0 Å². The summed E-state index contributed by atoms with van der Waals surface area (Å²) in [6.45, 7) is 13.9. The number of likely N-dealkylation sites (N-methyl/N-ethyl adjacent to an activating group) is 2. The Hall–Kier alpha value is -6.88. The highest BCUT2D eigenvalue weighted by molar-refractivity contribution is 5.96. The van der Waals surface area contributed by atoms with E-state index < -0.39 is 47.2 Å². The van der Waals surface area contributed by atoms with E-state index in [0.717, 1.165) is 44.5 Å². The number of methoxy groups -OCH3 is 1. The average Bonchev–Trinajstić information content (AvgIpc) is 3.99. The van der Waals surface area contributed by atoms with Gasteiger partial charge in [-0.15, -0.1) is 0 Å². The molecule has 5 heterocycles. The van der Waals surface area contributed by atoms with Crippen molar-refractivity contribution in [3.8, 4) is 28.1 Å². The number of carbonyl (C=O) groups is 5. The highest BCUT2D eigenvalue weighted by Crippen LogP contribution is 2.42. The number of likely N-dealkylation sites (tertiary alicyclic amines) is 1. The normalized spacial score (nSPS) is 19.9. The number of cyclic esters (lactones) is 1. The number of ether oxygens (including phenoxy) is 2. The Morgan fingerprint density at radius 1 is 1.01 bits per heavy atom. The first-order chi connectivity index (χ1) is 35.3. The minimum Gasteiger partial charge on any atom is -0.508 e. The predicted molar refractivity (Wildman–Crippen MR) is 284 cm³/mol. The first kappa shape index (κ1) is 53.4. The second-order valence-electron chi connectivity index (χ2n) is 21.5. The molecule has 74 heavy (non-hydrogen) atoms. The molecule has 2 aromatic heterocycles. The quantitative estimate of drug-likeness (QED) is 0.0867. The first-order valence-corrected chi connectivity index (χ1v) is 25.7. The number of esters is 1. The van der Waals surface area contributed by atoms with Gasteiger partial charge in [0.25, 0.3) is 5.91 Å². The van der Waals surface area contributed by atoms with Gasteiger partial charge in [-0.25, -0.2) is 10.2 Å². The molecule has 0 aliphatic carbocycles. The zero-order chi connectivity index (χ0) is 53.2. The van der Waals surface area contributed by atoms with Gasteiger partial charge in [-0.05, 0) is 116 Å². The third-order valence-corrected chi connectivity index (χ3v) is 14.7. The molecule has 5 aromatic rings. The minimum absolute atomic E-state index is 0.0262. The largest absolute Gasteiger partial charge is 0.508 e. The Balaban J connectivity index is 1.20. The highest BCUT2D eigenvalue weighted by atomic mass is 16.5. The van der Waals surface area contributed by atoms with Gasteiger partial charge in [0.15, 0.2) is 0 Å². The van der Waals surface area contributed by atoms with E-state index in [1.807, 2.05) is 82.2 Å². The Bertz CT molecular complexity index is 2960. The fourth-order valence-corrected chi connectivity index (χ4v) is 10.9. The molecule has 3 aliphatic heterocycles. The van der Waals surface area contributed by atoms with Crippen molar-refractivity contribution in [2.75, 3.05) is 54.5 Å². The number of hydrogen-bond donors (Lipinski definition) is 3. The molecule has 3 N–H and O–H groups in total. The van der Waals surface area contributed by atoms with E-state index in [2.05, 4.69) is 54.3 Å². The van der Waals surface area contributed by atoms with Gasteiger partial charge in [0.1, 0.15) is 23.9 Å². The van der Waals surface area contributed by atoms with Crippen LogP contribution in [0.1, 0.15) is 88.1 Å². The number of nitrogens with one attached hydrogen (secondary N) is 2. The topological polar surface area (TPSA) is 179 Å². The van der Waals surface area contributed by atoms with E-state index in [1.54, 1.807) is 43.5 Å². The minimum atomic E-state index is -1.24. The van der Waals surface area contributed by atoms with Crippen molar-refractivity contribution in [2.24, 2.45) is 17.3 Å². The smallest absolute Gasteiger partial charge is 0.329 e. The molecule has 16 nitrogen and oxygen atoms in total. The number of phenols is 1. The number of carbonyl (C=O) groups excluding carboxylic acids is 5. The molecule has 0 saturated carbocycles. The van der Waals surface area contributed by atoms with E-state index in [4.69, 9.17) is 14.5 Å². The third kappa shape index (κ3) is 11.3. The number of hydrogen-bond acceptors (Lipinski definition) is 11. The zero-order valence-electron chi connectivity index (χ0n) is 44.5. The number of hydrazine groups is 1. The summed E-state index contributed by atoms with van der Waals surface area (Å²) in [5.74, 6) is -3.00. The first-order valence-electron chi connectivity index (χ1n) is 25.7. The lowest BCUT2D eigenvalue weighted by Gasteiger charge is -2.38. The fraction of sp³-hybridized carbons (Fsp3) is 0.448. The number of aromatic hydroxyl groups is 1. The second-order valence-corrected chi connectivity index (χ2v) is 21.5. The number of fused-ring (bicyclic) bond motifs is 8. The van der Waals surface area contributed by atoms with E-state index in [0.29, 0.717) is 49.2 Å². The van der Waals surface area contributed by atoms with Crippen molar-refractivity contribution in [1.82, 2.24) is 40.0 Å². The van der Waals surface area contributed by atoms with Crippen LogP contribution in [0.25, 0.3) is 33.3 Å². The van der Waals surface area contributed by atoms with Gasteiger partial charge in [-0.2, -0.15) is 0 Å². The van der Waals surface area contributed by atoms with Gasteiger partial charge in [-0.3, -0.25) is 29.2 Å². The van der Waals surface area contributed by atoms with Crippen molar-refractivity contribution < 1.29 is 38.6 Å². The van der Waals surface area contributed by atoms with Crippen molar-refractivity contribution in [2.45, 2.75) is 98.1 Å². The fourth-order valence-electron chi connectivity index (χ4n) is 10.9. The van der Waals surface area contributed by atoms with E-state index >= 15 is 4.79 Å². The molecule has 1 fully saturated rings. The molecule has 0 spiro atoms. The zero-order valence-corrected chi connectivity index (χ0v) is 44.5. The Kier molecular flexibility index (Phi) is 16.1. The maximum Gasteiger partial charge on any atom is 0.329 e. The molecule has 392 valence electrons. The number of rotatable bonds is 12. The molecule has 16 heteroatoms. The number of aromatic nitrogens is 2. The number of pyridine rings is 1. The number of phenolic OH excluding ortho intramolecular Hbond substituents is 1. The number of aryl methyl sites for hydroxylation is 1. The van der Waals surface area contributed by atoms with Gasteiger partial charge in [0, 0.05) is 80.9 Å². The molecular formula is C58H72N8O8. The van der Waals surface area contributed by atoms with Crippen LogP contribution in [-0.2, 0) is 59.4 Å². The van der Waals surface area contributed by atoms with Crippen molar-refractivity contribution in [1.29, 1.82) is 0 Å². The third-order valence-electron chi connectivity index (χ3n) is 14.7. The summed E-state index contributed by atoms with van der Waals surface area (Å²) in [5.41, 5.74) is 10.8. The lowest BCUT2D eigenvalue weighted by Crippen LogP contribution is -2.60. The van der Waals surface area contributed by atoms with Gasteiger partial charge < -0.3 is 39.2 Å². The molecular weight excluding hydrogens is 937 g/mol. The summed E-state index contributed by atoms with van der Waals surface area (Å²) in [6, 6.07) is 19.6. The average molecular weight is 1010 g/mol. The van der Waals surface area contributed by atoms with Crippen LogP contribution in [0.4, 0.5) is 0 Å². The van der Waals surface area contributed by atoms with Crippen LogP contribution in [0.5, 0.6) is 5.75 Å². The van der Waals surface area contributed by atoms with Crippen molar-refractivity contribution in [3.63, 3.8) is 0 Å². The van der Waals surface area contributed by atoms with E-state index in [-0.39, 0.29) is 55.7 Å². The van der Waals surface area contributed by atoms with Crippen molar-refractivity contribution in [3.05, 3.63) is 119 Å². The van der Waals surface area contributed by atoms with Crippen LogP contribution in [-0.4, -0.2) is 131 Å². The van der Waals surface area contributed by atoms with Gasteiger partial charge >= 0.3 is 5.97 Å². The van der Waals surface area contributed by atoms with Crippen LogP contribution in [0.3, 0.4) is 0 Å². The molecule has 4 amide bonds. The van der Waals surface area contributed by atoms with Crippen LogP contribution in [0, 0.1) is 17.3 Å². The Labute approximate surface area is 434 Å². The van der Waals surface area contributed by atoms with E-state index in [9.17, 15) is 24.3 Å². The number of benzene rings is 3. The standard InChI is InChI=1S/C58H72N8O8/c1-11-65-48-21-20-38-30-45(48)46(53(65)44-18-14-23-59-50(44)36(4)73-10)31-58(5,6)34-74-57(72)51-43-17-13-12-16-39(43)33-66(61-51)56(71)47(28-37-26-41(38)29-42(67)27-37)60-54(69)52(35(2)3)63(9)55(70)40-22-25-64(32-40)49(68)19-15-24-62(7)8/h12-21,23,26-27,29-30,35-36,40,47,51-52,61,67H,11,22,24-25,28,31-34H2,1-10H3,(H,60,69)/b19-15+/t36-,40-,47-,51-,52-/m0/s1. The summed E-state index contributed by atoms with van der Waals surface area (Å²) >= 11 is 0. The van der Waals surface area contributed by atoms with Gasteiger partial charge in [0.2, 0.25) is 17.7 Å². The van der Waals surface area contributed by atoms with Crippen LogP contribution < -0.4 is 10.7 Å². The maximum absolute atomic E-state index is 15.2. The van der Waals surface area contributed by atoms with Crippen LogP contribution >= 0.6 is 0 Å². The van der Waals surface area contributed by atoms with Gasteiger partial charge in [-0.1, -0.05) is 70.2 Å². The SMILES string of the molecule is CCn1c(-c2cccnc2[C@H](C)OC)c2c3cc(ccc31)-c1cc(O)cc(c1)C[C@H](NC(=O)[C@H](C(C)C)N(C)C(=O)[C@H]1CCN(C(=O)/C=C/CN(C)C)C1)C(=O)N1Cc3ccccc3[C@H](N1)C(=O)OCC(C)(C)C2.